The molecule has 0 aliphatic carbocycles. The molecule has 0 aliphatic rings. The van der Waals surface area contributed by atoms with E-state index < -0.39 is 16.1 Å². The highest BCUT2D eigenvalue weighted by Gasteiger charge is 2.27. The number of nitrogens with two attached hydrogens (primary N) is 1. The fourth-order valence-corrected chi connectivity index (χ4v) is 5.42. The molecule has 0 saturated carbocycles. The first-order chi connectivity index (χ1) is 16.2. The van der Waals surface area contributed by atoms with Gasteiger partial charge in [-0.3, -0.25) is 9.36 Å². The number of benzene rings is 3. The summed E-state index contributed by atoms with van der Waals surface area (Å²) in [7, 11) is -3.91. The summed E-state index contributed by atoms with van der Waals surface area (Å²) in [5, 5.41) is 0.455. The normalized spacial score (nSPS) is 12.8. The first-order valence-corrected chi connectivity index (χ1v) is 13.1. The number of rotatable bonds is 7. The van der Waals surface area contributed by atoms with Crippen LogP contribution in [-0.2, 0) is 10.0 Å². The van der Waals surface area contributed by atoms with E-state index in [1.807, 2.05) is 32.0 Å². The van der Waals surface area contributed by atoms with Gasteiger partial charge in [-0.05, 0) is 66.9 Å². The lowest BCUT2D eigenvalue weighted by atomic mass is 10.0. The second-order valence-corrected chi connectivity index (χ2v) is 11.1. The quantitative estimate of drug-likeness (QED) is 0.327. The predicted octanol–water partition coefficient (Wildman–Crippen LogP) is 4.80. The number of hydrogen-bond donors (Lipinski definition) is 2. The molecule has 9 heteroatoms. The van der Waals surface area contributed by atoms with Gasteiger partial charge in [0.1, 0.15) is 5.82 Å². The molecule has 1 aromatic heterocycles. The molecule has 0 radical (unpaired) electrons. The smallest absolute Gasteiger partial charge is 0.266 e. The van der Waals surface area contributed by atoms with Gasteiger partial charge in [-0.15, -0.1) is 0 Å². The number of nitrogen functional groups attached to an aromatic ring is 1. The van der Waals surface area contributed by atoms with Gasteiger partial charge >= 0.3 is 0 Å². The molecule has 0 spiro atoms. The van der Waals surface area contributed by atoms with Crippen molar-refractivity contribution in [2.24, 2.45) is 5.92 Å². The number of fused-ring (bicyclic) bond motifs is 1. The predicted molar refractivity (Wildman–Crippen MR) is 138 cm³/mol. The van der Waals surface area contributed by atoms with E-state index >= 15 is 0 Å². The van der Waals surface area contributed by atoms with Crippen molar-refractivity contribution in [3.05, 3.63) is 93.4 Å². The summed E-state index contributed by atoms with van der Waals surface area (Å²) in [4.78, 5) is 18.5. The maximum Gasteiger partial charge on any atom is 0.266 e. The summed E-state index contributed by atoms with van der Waals surface area (Å²) < 4.78 is 31.6. The molecule has 4 rings (SSSR count). The lowest BCUT2D eigenvalue weighted by Crippen LogP contribution is -2.35. The van der Waals surface area contributed by atoms with E-state index in [4.69, 9.17) is 10.7 Å². The molecule has 0 amide bonds. The standard InChI is InChI=1S/C25H25BrN4O3S/c1-16(2)14-23(29-34(32,33)20-12-10-18(27)11-13-20)24-28-22-9-4-3-8-21(22)25(31)30(24)19-7-5-6-17(26)15-19/h3-13,15-16,23,29H,14,27H2,1-2H3. The van der Waals surface area contributed by atoms with E-state index in [0.29, 0.717) is 34.5 Å². The third kappa shape index (κ3) is 5.06. The van der Waals surface area contributed by atoms with Crippen LogP contribution in [0.3, 0.4) is 0 Å². The van der Waals surface area contributed by atoms with Crippen LogP contribution in [0.5, 0.6) is 0 Å². The van der Waals surface area contributed by atoms with Gasteiger partial charge in [0.15, 0.2) is 0 Å². The van der Waals surface area contributed by atoms with Crippen molar-refractivity contribution >= 4 is 42.5 Å². The zero-order valence-electron chi connectivity index (χ0n) is 18.8. The molecule has 3 aromatic carbocycles. The van der Waals surface area contributed by atoms with E-state index in [1.54, 1.807) is 30.3 Å². The number of halogens is 1. The summed E-state index contributed by atoms with van der Waals surface area (Å²) in [5.41, 5.74) is 7.03. The molecule has 0 bridgehead atoms. The van der Waals surface area contributed by atoms with Gasteiger partial charge in [0, 0.05) is 10.2 Å². The maximum absolute atomic E-state index is 13.6. The number of sulfonamides is 1. The first kappa shape index (κ1) is 24.1. The van der Waals surface area contributed by atoms with Crippen molar-refractivity contribution in [1.29, 1.82) is 0 Å². The fourth-order valence-electron chi connectivity index (χ4n) is 3.83. The molecule has 0 aliphatic heterocycles. The van der Waals surface area contributed by atoms with Crippen LogP contribution in [0.2, 0.25) is 0 Å². The van der Waals surface area contributed by atoms with Crippen LogP contribution in [0, 0.1) is 5.92 Å². The molecular weight excluding hydrogens is 516 g/mol. The number of nitrogens with one attached hydrogen (secondary N) is 1. The molecule has 34 heavy (non-hydrogen) atoms. The molecule has 176 valence electrons. The van der Waals surface area contributed by atoms with Gasteiger partial charge in [-0.2, -0.15) is 0 Å². The second-order valence-electron chi connectivity index (χ2n) is 8.48. The zero-order valence-corrected chi connectivity index (χ0v) is 21.2. The minimum Gasteiger partial charge on any atom is -0.399 e. The Labute approximate surface area is 206 Å². The fraction of sp³-hybridized carbons (Fsp3) is 0.200. The second kappa shape index (κ2) is 9.69. The summed E-state index contributed by atoms with van der Waals surface area (Å²) in [6.07, 6.45) is 0.437. The molecule has 1 unspecified atom stereocenters. The minimum absolute atomic E-state index is 0.0904. The Hall–Kier alpha value is -3.01. The van der Waals surface area contributed by atoms with E-state index in [1.165, 1.54) is 28.8 Å². The number of nitrogens with zero attached hydrogens (tertiary/aromatic N) is 2. The van der Waals surface area contributed by atoms with Crippen LogP contribution in [0.15, 0.2) is 87.0 Å². The Kier molecular flexibility index (Phi) is 6.88. The average molecular weight is 541 g/mol. The Balaban J connectivity index is 1.94. The molecule has 0 saturated heterocycles. The van der Waals surface area contributed by atoms with Crippen LogP contribution < -0.4 is 16.0 Å². The monoisotopic (exact) mass is 540 g/mol. The van der Waals surface area contributed by atoms with E-state index in [2.05, 4.69) is 20.7 Å². The van der Waals surface area contributed by atoms with Gasteiger partial charge in [-0.25, -0.2) is 18.1 Å². The molecule has 0 fully saturated rings. The van der Waals surface area contributed by atoms with Crippen molar-refractivity contribution in [3.8, 4) is 5.69 Å². The number of anilines is 1. The number of hydrogen-bond acceptors (Lipinski definition) is 5. The Bertz CT molecular complexity index is 1500. The topological polar surface area (TPSA) is 107 Å². The van der Waals surface area contributed by atoms with Crippen LogP contribution in [0.1, 0.15) is 32.1 Å². The molecular formula is C25H25BrN4O3S. The van der Waals surface area contributed by atoms with Crippen LogP contribution in [0.4, 0.5) is 5.69 Å². The van der Waals surface area contributed by atoms with Crippen molar-refractivity contribution in [2.45, 2.75) is 31.2 Å². The summed E-state index contributed by atoms with van der Waals surface area (Å²) in [6, 6.07) is 19.6. The van der Waals surface area contributed by atoms with E-state index in [-0.39, 0.29) is 16.4 Å². The lowest BCUT2D eigenvalue weighted by molar-refractivity contribution is 0.450. The highest BCUT2D eigenvalue weighted by Crippen LogP contribution is 2.26. The SMILES string of the molecule is CC(C)CC(NS(=O)(=O)c1ccc(N)cc1)c1nc2ccccc2c(=O)n1-c1cccc(Br)c1. The zero-order chi connectivity index (χ0) is 24.5. The van der Waals surface area contributed by atoms with Crippen molar-refractivity contribution in [3.63, 3.8) is 0 Å². The molecule has 1 heterocycles. The number of aromatic nitrogens is 2. The third-order valence-electron chi connectivity index (χ3n) is 5.37. The first-order valence-electron chi connectivity index (χ1n) is 10.8. The third-order valence-corrected chi connectivity index (χ3v) is 7.36. The molecule has 4 aromatic rings. The van der Waals surface area contributed by atoms with E-state index in [9.17, 15) is 13.2 Å². The van der Waals surface area contributed by atoms with Crippen LogP contribution >= 0.6 is 15.9 Å². The van der Waals surface area contributed by atoms with Crippen molar-refractivity contribution in [2.75, 3.05) is 5.73 Å². The van der Waals surface area contributed by atoms with Crippen LogP contribution in [0.25, 0.3) is 16.6 Å². The van der Waals surface area contributed by atoms with Gasteiger partial charge < -0.3 is 5.73 Å². The Morgan fingerprint density at radius 3 is 2.41 bits per heavy atom. The van der Waals surface area contributed by atoms with Gasteiger partial charge in [0.2, 0.25) is 10.0 Å². The van der Waals surface area contributed by atoms with Gasteiger partial charge in [0.05, 0.1) is 27.5 Å². The van der Waals surface area contributed by atoms with Crippen molar-refractivity contribution < 1.29 is 8.42 Å². The summed E-state index contributed by atoms with van der Waals surface area (Å²) >= 11 is 3.46. The average Bonchev–Trinajstić information content (AvgIpc) is 2.78. The largest absolute Gasteiger partial charge is 0.399 e. The molecule has 7 nitrogen and oxygen atoms in total. The Morgan fingerprint density at radius 2 is 1.74 bits per heavy atom. The molecule has 1 atom stereocenters. The van der Waals surface area contributed by atoms with Crippen molar-refractivity contribution in [1.82, 2.24) is 14.3 Å². The van der Waals surface area contributed by atoms with E-state index in [0.717, 1.165) is 4.47 Å². The minimum atomic E-state index is -3.91. The van der Waals surface area contributed by atoms with Crippen LogP contribution in [-0.4, -0.2) is 18.0 Å². The van der Waals surface area contributed by atoms with Gasteiger partial charge in [-0.1, -0.05) is 48.0 Å². The highest BCUT2D eigenvalue weighted by atomic mass is 79.9. The molecule has 3 N–H and O–H groups in total. The van der Waals surface area contributed by atoms with Gasteiger partial charge in [0.25, 0.3) is 5.56 Å². The summed E-state index contributed by atoms with van der Waals surface area (Å²) in [6.45, 7) is 3.99. The maximum atomic E-state index is 13.6. The highest BCUT2D eigenvalue weighted by molar-refractivity contribution is 9.10. The summed E-state index contributed by atoms with van der Waals surface area (Å²) in [5.74, 6) is 0.452. The Morgan fingerprint density at radius 1 is 1.03 bits per heavy atom. The number of para-hydroxylation sites is 1. The lowest BCUT2D eigenvalue weighted by Gasteiger charge is -2.24.